The second-order valence-corrected chi connectivity index (χ2v) is 7.81. The highest BCUT2D eigenvalue weighted by molar-refractivity contribution is 6.04. The van der Waals surface area contributed by atoms with Gasteiger partial charge in [0.15, 0.2) is 11.6 Å². The van der Waals surface area contributed by atoms with Crippen LogP contribution in [-0.4, -0.2) is 40.0 Å². The van der Waals surface area contributed by atoms with Gasteiger partial charge in [0, 0.05) is 36.4 Å². The molecule has 37 heavy (non-hydrogen) atoms. The summed E-state index contributed by atoms with van der Waals surface area (Å²) in [4.78, 5) is 25.0. The standard InChI is InChI=1S/C29H28FNO6/c1-34-23-17-28(36-3)24(29(18-23)37-4)11-10-22(32)15-19-5-12-27(35-2)25(16-19)31-14-13-26(33)20-6-8-21(30)9-7-20/h5-14,16-18,31H,15H2,1-4H3/b11-10+,14-13+. The number of rotatable bonds is 12. The highest BCUT2D eigenvalue weighted by Crippen LogP contribution is 2.35. The Labute approximate surface area is 215 Å². The van der Waals surface area contributed by atoms with Crippen molar-refractivity contribution < 1.29 is 32.9 Å². The van der Waals surface area contributed by atoms with Crippen LogP contribution in [0.1, 0.15) is 21.5 Å². The molecule has 0 radical (unpaired) electrons. The molecule has 0 heterocycles. The number of allylic oxidation sites excluding steroid dienone is 2. The molecule has 0 aromatic heterocycles. The SMILES string of the molecule is COc1cc(OC)c(/C=C/C(=O)Cc2ccc(OC)c(N/C=C/C(=O)c3ccc(F)cc3)c2)c(OC)c1. The van der Waals surface area contributed by atoms with Crippen LogP contribution in [0, 0.1) is 5.82 Å². The Morgan fingerprint density at radius 2 is 1.46 bits per heavy atom. The van der Waals surface area contributed by atoms with E-state index in [0.717, 1.165) is 5.56 Å². The molecule has 0 spiro atoms. The number of benzene rings is 3. The van der Waals surface area contributed by atoms with E-state index in [2.05, 4.69) is 5.32 Å². The average Bonchev–Trinajstić information content (AvgIpc) is 2.91. The molecular formula is C29H28FNO6. The maximum Gasteiger partial charge on any atom is 0.187 e. The van der Waals surface area contributed by atoms with Gasteiger partial charge >= 0.3 is 0 Å². The normalized spacial score (nSPS) is 10.9. The summed E-state index contributed by atoms with van der Waals surface area (Å²) in [5, 5.41) is 3.01. The monoisotopic (exact) mass is 505 g/mol. The number of hydrogen-bond donors (Lipinski definition) is 1. The average molecular weight is 506 g/mol. The van der Waals surface area contributed by atoms with Crippen molar-refractivity contribution in [2.75, 3.05) is 33.8 Å². The minimum absolute atomic E-state index is 0.133. The molecule has 3 aromatic carbocycles. The molecule has 0 aliphatic carbocycles. The summed E-state index contributed by atoms with van der Waals surface area (Å²) in [5.41, 5.74) is 2.30. The summed E-state index contributed by atoms with van der Waals surface area (Å²) in [5.74, 6) is 1.30. The van der Waals surface area contributed by atoms with Crippen molar-refractivity contribution in [1.29, 1.82) is 0 Å². The second-order valence-electron chi connectivity index (χ2n) is 7.81. The smallest absolute Gasteiger partial charge is 0.187 e. The Morgan fingerprint density at radius 3 is 2.05 bits per heavy atom. The van der Waals surface area contributed by atoms with E-state index in [4.69, 9.17) is 18.9 Å². The fourth-order valence-electron chi connectivity index (χ4n) is 3.53. The van der Waals surface area contributed by atoms with Gasteiger partial charge in [-0.05, 0) is 54.1 Å². The van der Waals surface area contributed by atoms with Crippen molar-refractivity contribution in [2.45, 2.75) is 6.42 Å². The van der Waals surface area contributed by atoms with E-state index >= 15 is 0 Å². The summed E-state index contributed by atoms with van der Waals surface area (Å²) in [7, 11) is 6.13. The third kappa shape index (κ3) is 7.20. The number of carbonyl (C=O) groups is 2. The van der Waals surface area contributed by atoms with E-state index in [9.17, 15) is 14.0 Å². The number of ether oxygens (including phenoxy) is 4. The summed E-state index contributed by atoms with van der Waals surface area (Å²) in [6.07, 6.45) is 6.05. The van der Waals surface area contributed by atoms with Gasteiger partial charge in [-0.1, -0.05) is 6.07 Å². The highest BCUT2D eigenvalue weighted by Gasteiger charge is 2.12. The van der Waals surface area contributed by atoms with Crippen LogP contribution in [0.2, 0.25) is 0 Å². The number of nitrogens with one attached hydrogen (secondary N) is 1. The molecule has 0 aliphatic heterocycles. The lowest BCUT2D eigenvalue weighted by Crippen LogP contribution is -2.02. The predicted octanol–water partition coefficient (Wildman–Crippen LogP) is 5.49. The first-order valence-corrected chi connectivity index (χ1v) is 11.3. The summed E-state index contributed by atoms with van der Waals surface area (Å²) in [6.45, 7) is 0. The lowest BCUT2D eigenvalue weighted by Gasteiger charge is -2.12. The fraction of sp³-hybridized carbons (Fsp3) is 0.172. The Hall–Kier alpha value is -4.59. The van der Waals surface area contributed by atoms with Crippen LogP contribution in [0.15, 0.2) is 72.9 Å². The topological polar surface area (TPSA) is 83.1 Å². The molecule has 8 heteroatoms. The number of halogens is 1. The van der Waals surface area contributed by atoms with Gasteiger partial charge in [0.25, 0.3) is 0 Å². The van der Waals surface area contributed by atoms with Crippen LogP contribution in [0.3, 0.4) is 0 Å². The molecule has 7 nitrogen and oxygen atoms in total. The summed E-state index contributed by atoms with van der Waals surface area (Å²) >= 11 is 0. The van der Waals surface area contributed by atoms with Gasteiger partial charge in [-0.15, -0.1) is 0 Å². The van der Waals surface area contributed by atoms with E-state index in [1.54, 1.807) is 43.5 Å². The minimum Gasteiger partial charge on any atom is -0.496 e. The van der Waals surface area contributed by atoms with Gasteiger partial charge in [0.05, 0.1) is 39.7 Å². The Bertz CT molecular complexity index is 1290. The third-order valence-electron chi connectivity index (χ3n) is 5.43. The van der Waals surface area contributed by atoms with Gasteiger partial charge in [-0.3, -0.25) is 9.59 Å². The molecular weight excluding hydrogens is 477 g/mol. The van der Waals surface area contributed by atoms with E-state index in [-0.39, 0.29) is 18.0 Å². The lowest BCUT2D eigenvalue weighted by molar-refractivity contribution is -0.113. The molecule has 0 unspecified atom stereocenters. The summed E-state index contributed by atoms with van der Waals surface area (Å²) < 4.78 is 34.5. The molecule has 0 amide bonds. The van der Waals surface area contributed by atoms with Crippen LogP contribution in [0.4, 0.5) is 10.1 Å². The van der Waals surface area contributed by atoms with Gasteiger partial charge in [-0.25, -0.2) is 4.39 Å². The molecule has 0 fully saturated rings. The first-order valence-electron chi connectivity index (χ1n) is 11.3. The maximum absolute atomic E-state index is 13.1. The van der Waals surface area contributed by atoms with Crippen molar-refractivity contribution in [1.82, 2.24) is 0 Å². The largest absolute Gasteiger partial charge is 0.496 e. The van der Waals surface area contributed by atoms with E-state index in [0.29, 0.717) is 39.8 Å². The molecule has 0 aliphatic rings. The zero-order chi connectivity index (χ0) is 26.8. The van der Waals surface area contributed by atoms with E-state index < -0.39 is 5.82 Å². The van der Waals surface area contributed by atoms with Crippen molar-refractivity contribution >= 4 is 23.3 Å². The zero-order valence-corrected chi connectivity index (χ0v) is 21.0. The molecule has 0 saturated heterocycles. The van der Waals surface area contributed by atoms with Gasteiger partial charge in [0.1, 0.15) is 28.8 Å². The molecule has 0 atom stereocenters. The first-order chi connectivity index (χ1) is 17.9. The Morgan fingerprint density at radius 1 is 0.811 bits per heavy atom. The highest BCUT2D eigenvalue weighted by atomic mass is 19.1. The Kier molecular flexibility index (Phi) is 9.43. The van der Waals surface area contributed by atoms with Crippen LogP contribution in [0.5, 0.6) is 23.0 Å². The number of carbonyl (C=O) groups excluding carboxylic acids is 2. The van der Waals surface area contributed by atoms with E-state index in [1.807, 2.05) is 0 Å². The predicted molar refractivity (Wildman–Crippen MR) is 140 cm³/mol. The first kappa shape index (κ1) is 27.0. The third-order valence-corrected chi connectivity index (χ3v) is 5.43. The van der Waals surface area contributed by atoms with Crippen molar-refractivity contribution in [3.05, 3.63) is 95.5 Å². The second kappa shape index (κ2) is 12.9. The van der Waals surface area contributed by atoms with Gasteiger partial charge in [-0.2, -0.15) is 0 Å². The zero-order valence-electron chi connectivity index (χ0n) is 21.0. The van der Waals surface area contributed by atoms with Crippen molar-refractivity contribution in [2.24, 2.45) is 0 Å². The van der Waals surface area contributed by atoms with Crippen LogP contribution < -0.4 is 24.3 Å². The quantitative estimate of drug-likeness (QED) is 0.257. The van der Waals surface area contributed by atoms with Crippen LogP contribution >= 0.6 is 0 Å². The lowest BCUT2D eigenvalue weighted by atomic mass is 10.1. The number of anilines is 1. The number of ketones is 2. The van der Waals surface area contributed by atoms with Crippen molar-refractivity contribution in [3.8, 4) is 23.0 Å². The number of hydrogen-bond acceptors (Lipinski definition) is 7. The maximum atomic E-state index is 13.1. The molecule has 3 aromatic rings. The molecule has 192 valence electrons. The van der Waals surface area contributed by atoms with Crippen LogP contribution in [-0.2, 0) is 11.2 Å². The van der Waals surface area contributed by atoms with Gasteiger partial charge in [0.2, 0.25) is 0 Å². The molecule has 3 rings (SSSR count). The minimum atomic E-state index is -0.410. The molecule has 0 saturated carbocycles. The molecule has 1 N–H and O–H groups in total. The summed E-state index contributed by atoms with van der Waals surface area (Å²) in [6, 6.07) is 14.0. The van der Waals surface area contributed by atoms with Crippen molar-refractivity contribution in [3.63, 3.8) is 0 Å². The molecule has 0 bridgehead atoms. The van der Waals surface area contributed by atoms with Gasteiger partial charge < -0.3 is 24.3 Å². The van der Waals surface area contributed by atoms with Crippen LogP contribution in [0.25, 0.3) is 6.08 Å². The van der Waals surface area contributed by atoms with E-state index in [1.165, 1.54) is 63.9 Å². The number of methoxy groups -OCH3 is 4. The Balaban J connectivity index is 1.72. The fourth-order valence-corrected chi connectivity index (χ4v) is 3.53.